The van der Waals surface area contributed by atoms with Gasteiger partial charge in [-0.05, 0) is 38.1 Å². The van der Waals surface area contributed by atoms with Crippen LogP contribution >= 0.6 is 0 Å². The molecule has 126 valence electrons. The minimum absolute atomic E-state index is 0.0612. The molecule has 0 saturated heterocycles. The molecule has 1 rings (SSSR count). The van der Waals surface area contributed by atoms with Crippen molar-refractivity contribution < 1.29 is 22.3 Å². The highest BCUT2D eigenvalue weighted by Crippen LogP contribution is 2.19. The summed E-state index contributed by atoms with van der Waals surface area (Å²) in [5.74, 6) is 0.0612. The van der Waals surface area contributed by atoms with Crippen LogP contribution in [0.4, 0.5) is 5.69 Å². The molecule has 3 N–H and O–H groups in total. The Bertz CT molecular complexity index is 555. The van der Waals surface area contributed by atoms with Crippen LogP contribution in [0.3, 0.4) is 0 Å². The molecule has 0 saturated carbocycles. The Morgan fingerprint density at radius 2 is 1.55 bits per heavy atom. The van der Waals surface area contributed by atoms with Crippen LogP contribution in [0, 0.1) is 13.8 Å². The molecular weight excluding hydrogens is 308 g/mol. The molecule has 0 aliphatic rings. The van der Waals surface area contributed by atoms with Gasteiger partial charge in [0.25, 0.3) is 0 Å². The normalized spacial score (nSPS) is 10.9. The summed E-state index contributed by atoms with van der Waals surface area (Å²) in [6, 6.07) is 6.03. The molecule has 7 nitrogen and oxygen atoms in total. The number of likely N-dealkylation sites (N-methyl/N-ethyl adjacent to an activating group) is 1. The predicted molar refractivity (Wildman–Crippen MR) is 86.5 cm³/mol. The van der Waals surface area contributed by atoms with E-state index in [1.54, 1.807) is 0 Å². The number of amides is 1. The van der Waals surface area contributed by atoms with Gasteiger partial charge < -0.3 is 5.32 Å². The van der Waals surface area contributed by atoms with Crippen LogP contribution in [0.5, 0.6) is 0 Å². The van der Waals surface area contributed by atoms with Gasteiger partial charge in [0, 0.05) is 5.69 Å². The number of nitrogens with one attached hydrogen (secondary N) is 1. The molecule has 0 unspecified atom stereocenters. The van der Waals surface area contributed by atoms with Crippen LogP contribution < -0.4 is 5.32 Å². The van der Waals surface area contributed by atoms with Crippen LogP contribution in [0.25, 0.3) is 0 Å². The second-order valence-corrected chi connectivity index (χ2v) is 5.62. The minimum Gasteiger partial charge on any atom is -0.324 e. The van der Waals surface area contributed by atoms with Crippen molar-refractivity contribution in [3.05, 3.63) is 29.3 Å². The fraction of sp³-hybridized carbons (Fsp3) is 0.500. The lowest BCUT2D eigenvalue weighted by atomic mass is 10.1. The van der Waals surface area contributed by atoms with Gasteiger partial charge in [-0.1, -0.05) is 32.0 Å². The van der Waals surface area contributed by atoms with Crippen molar-refractivity contribution in [3.63, 3.8) is 0 Å². The molecule has 8 heteroatoms. The topological polar surface area (TPSA) is 107 Å². The smallest absolute Gasteiger partial charge is 0.324 e. The monoisotopic (exact) mass is 332 g/mol. The quantitative estimate of drug-likeness (QED) is 0.711. The molecule has 0 atom stereocenters. The molecule has 22 heavy (non-hydrogen) atoms. The van der Waals surface area contributed by atoms with Crippen LogP contribution in [0.1, 0.15) is 25.0 Å². The Balaban J connectivity index is 0.000000763. The maximum absolute atomic E-state index is 11.9. The molecule has 0 aliphatic carbocycles. The third-order valence-electron chi connectivity index (χ3n) is 3.01. The molecular formula is C14H24N2O5S. The molecule has 0 heterocycles. The number of para-hydroxylation sites is 1. The number of carbonyl (C=O) groups excluding carboxylic acids is 1. The Labute approximate surface area is 131 Å². The Morgan fingerprint density at radius 1 is 1.14 bits per heavy atom. The Hall–Kier alpha value is -1.48. The lowest BCUT2D eigenvalue weighted by Crippen LogP contribution is -2.33. The van der Waals surface area contributed by atoms with E-state index in [1.807, 2.05) is 32.0 Å². The standard InChI is InChI=1S/C14H22N2O.H2O4S/c1-5-16(6-2)10-13(17)15-14-11(3)8-7-9-12(14)4;1-5(2,3)4/h7-9H,5-6,10H2,1-4H3,(H,15,17);(H2,1,2,3,4). The summed E-state index contributed by atoms with van der Waals surface area (Å²) in [7, 11) is -4.67. The number of benzene rings is 1. The zero-order valence-corrected chi connectivity index (χ0v) is 14.1. The van der Waals surface area contributed by atoms with Gasteiger partial charge in [0.05, 0.1) is 6.54 Å². The average molecular weight is 332 g/mol. The van der Waals surface area contributed by atoms with Gasteiger partial charge in [-0.3, -0.25) is 18.8 Å². The molecule has 0 aliphatic heterocycles. The second-order valence-electron chi connectivity index (χ2n) is 4.72. The average Bonchev–Trinajstić information content (AvgIpc) is 2.38. The van der Waals surface area contributed by atoms with Gasteiger partial charge in [0.1, 0.15) is 0 Å². The summed E-state index contributed by atoms with van der Waals surface area (Å²) in [4.78, 5) is 14.0. The van der Waals surface area contributed by atoms with Crippen molar-refractivity contribution in [1.29, 1.82) is 0 Å². The van der Waals surface area contributed by atoms with Gasteiger partial charge in [0.2, 0.25) is 5.91 Å². The van der Waals surface area contributed by atoms with Gasteiger partial charge in [-0.25, -0.2) is 0 Å². The number of hydrogen-bond donors (Lipinski definition) is 3. The summed E-state index contributed by atoms with van der Waals surface area (Å²) < 4.78 is 31.6. The van der Waals surface area contributed by atoms with Crippen molar-refractivity contribution in [1.82, 2.24) is 4.90 Å². The summed E-state index contributed by atoms with van der Waals surface area (Å²) >= 11 is 0. The SMILES string of the molecule is CCN(CC)CC(=O)Nc1c(C)cccc1C.O=S(=O)(O)O. The molecule has 0 radical (unpaired) electrons. The van der Waals surface area contributed by atoms with E-state index in [4.69, 9.17) is 17.5 Å². The second kappa shape index (κ2) is 9.52. The number of rotatable bonds is 5. The molecule has 0 fully saturated rings. The van der Waals surface area contributed by atoms with Gasteiger partial charge in [0.15, 0.2) is 0 Å². The Morgan fingerprint density at radius 3 is 1.91 bits per heavy atom. The highest BCUT2D eigenvalue weighted by atomic mass is 32.3. The highest BCUT2D eigenvalue weighted by Gasteiger charge is 2.09. The maximum Gasteiger partial charge on any atom is 0.394 e. The first-order valence-corrected chi connectivity index (χ1v) is 8.26. The highest BCUT2D eigenvalue weighted by molar-refractivity contribution is 7.79. The number of aryl methyl sites for hydroxylation is 2. The first-order chi connectivity index (χ1) is 10.1. The predicted octanol–water partition coefficient (Wildman–Crippen LogP) is 1.93. The summed E-state index contributed by atoms with van der Waals surface area (Å²) in [5, 5.41) is 3.00. The van der Waals surface area contributed by atoms with Gasteiger partial charge in [-0.2, -0.15) is 8.42 Å². The fourth-order valence-corrected chi connectivity index (χ4v) is 1.84. The van der Waals surface area contributed by atoms with Crippen LogP contribution in [0.2, 0.25) is 0 Å². The number of carbonyl (C=O) groups is 1. The van der Waals surface area contributed by atoms with E-state index in [9.17, 15) is 4.79 Å². The number of hydrogen-bond acceptors (Lipinski definition) is 4. The number of nitrogens with zero attached hydrogens (tertiary/aromatic N) is 1. The van der Waals surface area contributed by atoms with Crippen molar-refractivity contribution in [3.8, 4) is 0 Å². The lowest BCUT2D eigenvalue weighted by Gasteiger charge is -2.18. The van der Waals surface area contributed by atoms with Gasteiger partial charge >= 0.3 is 10.4 Å². The van der Waals surface area contributed by atoms with E-state index in [1.165, 1.54) is 0 Å². The maximum atomic E-state index is 11.9. The molecule has 1 amide bonds. The fourth-order valence-electron chi connectivity index (χ4n) is 1.84. The third kappa shape index (κ3) is 9.46. The number of anilines is 1. The minimum atomic E-state index is -4.67. The molecule has 1 aromatic rings. The molecule has 0 bridgehead atoms. The molecule has 0 aromatic heterocycles. The van der Waals surface area contributed by atoms with Crippen LogP contribution in [-0.4, -0.2) is 48.0 Å². The zero-order chi connectivity index (χ0) is 17.3. The van der Waals surface area contributed by atoms with Crippen molar-refractivity contribution in [2.45, 2.75) is 27.7 Å². The van der Waals surface area contributed by atoms with Crippen molar-refractivity contribution >= 4 is 22.0 Å². The lowest BCUT2D eigenvalue weighted by molar-refractivity contribution is -0.117. The third-order valence-corrected chi connectivity index (χ3v) is 3.01. The van der Waals surface area contributed by atoms with E-state index in [0.717, 1.165) is 29.9 Å². The molecule has 1 aromatic carbocycles. The summed E-state index contributed by atoms with van der Waals surface area (Å²) in [6.07, 6.45) is 0. The van der Waals surface area contributed by atoms with Gasteiger partial charge in [-0.15, -0.1) is 0 Å². The van der Waals surface area contributed by atoms with E-state index >= 15 is 0 Å². The van der Waals surface area contributed by atoms with E-state index in [-0.39, 0.29) is 5.91 Å². The molecule has 0 spiro atoms. The Kier molecular flexibility index (Phi) is 8.88. The van der Waals surface area contributed by atoms with E-state index in [2.05, 4.69) is 24.1 Å². The zero-order valence-electron chi connectivity index (χ0n) is 13.3. The first kappa shape index (κ1) is 20.5. The summed E-state index contributed by atoms with van der Waals surface area (Å²) in [5.41, 5.74) is 3.17. The summed E-state index contributed by atoms with van der Waals surface area (Å²) in [6.45, 7) is 10.4. The van der Waals surface area contributed by atoms with Crippen LogP contribution in [-0.2, 0) is 15.2 Å². The van der Waals surface area contributed by atoms with Crippen LogP contribution in [0.15, 0.2) is 18.2 Å². The van der Waals surface area contributed by atoms with Crippen molar-refractivity contribution in [2.24, 2.45) is 0 Å². The van der Waals surface area contributed by atoms with Crippen molar-refractivity contribution in [2.75, 3.05) is 25.0 Å². The van der Waals surface area contributed by atoms with E-state index < -0.39 is 10.4 Å². The van der Waals surface area contributed by atoms with E-state index in [0.29, 0.717) is 6.54 Å². The first-order valence-electron chi connectivity index (χ1n) is 6.86. The largest absolute Gasteiger partial charge is 0.394 e.